The van der Waals surface area contributed by atoms with Crippen molar-refractivity contribution in [3.63, 3.8) is 0 Å². The molecule has 0 radical (unpaired) electrons. The monoisotopic (exact) mass is 209 g/mol. The SMILES string of the molecule is C=C(C(O)C1CCCNC1)C(F)(F)F. The van der Waals surface area contributed by atoms with Gasteiger partial charge in [0.15, 0.2) is 0 Å². The second kappa shape index (κ2) is 4.31. The van der Waals surface area contributed by atoms with Crippen LogP contribution >= 0.6 is 0 Å². The van der Waals surface area contributed by atoms with E-state index in [-0.39, 0.29) is 5.92 Å². The van der Waals surface area contributed by atoms with E-state index < -0.39 is 17.9 Å². The van der Waals surface area contributed by atoms with Crippen LogP contribution in [0.15, 0.2) is 12.2 Å². The molecule has 1 rings (SSSR count). The molecule has 0 amide bonds. The fraction of sp³-hybridized carbons (Fsp3) is 0.778. The normalized spacial score (nSPS) is 25.9. The number of hydrogen-bond acceptors (Lipinski definition) is 2. The first-order valence-corrected chi connectivity index (χ1v) is 4.57. The fourth-order valence-electron chi connectivity index (χ4n) is 1.60. The maximum Gasteiger partial charge on any atom is 0.414 e. The summed E-state index contributed by atoms with van der Waals surface area (Å²) in [5.74, 6) is -0.363. The molecule has 2 unspecified atom stereocenters. The summed E-state index contributed by atoms with van der Waals surface area (Å²) in [7, 11) is 0. The molecule has 2 nitrogen and oxygen atoms in total. The van der Waals surface area contributed by atoms with Gasteiger partial charge in [-0.15, -0.1) is 0 Å². The molecule has 0 aromatic heterocycles. The molecule has 1 aliphatic heterocycles. The van der Waals surface area contributed by atoms with Gasteiger partial charge in [0.25, 0.3) is 0 Å². The van der Waals surface area contributed by atoms with Crippen molar-refractivity contribution >= 4 is 0 Å². The molecular weight excluding hydrogens is 195 g/mol. The van der Waals surface area contributed by atoms with Gasteiger partial charge in [0, 0.05) is 12.5 Å². The number of nitrogens with one attached hydrogen (secondary N) is 1. The van der Waals surface area contributed by atoms with Gasteiger partial charge in [0.05, 0.1) is 11.7 Å². The van der Waals surface area contributed by atoms with Gasteiger partial charge in [-0.05, 0) is 19.4 Å². The van der Waals surface area contributed by atoms with Gasteiger partial charge >= 0.3 is 6.18 Å². The maximum atomic E-state index is 12.2. The lowest BCUT2D eigenvalue weighted by Gasteiger charge is -2.29. The van der Waals surface area contributed by atoms with E-state index in [1.807, 2.05) is 0 Å². The Balaban J connectivity index is 2.55. The summed E-state index contributed by atoms with van der Waals surface area (Å²) in [6.07, 6.45) is -4.55. The van der Waals surface area contributed by atoms with Crippen molar-refractivity contribution < 1.29 is 18.3 Å². The highest BCUT2D eigenvalue weighted by Gasteiger charge is 2.39. The fourth-order valence-corrected chi connectivity index (χ4v) is 1.60. The van der Waals surface area contributed by atoms with E-state index in [4.69, 9.17) is 0 Å². The molecule has 1 saturated heterocycles. The zero-order valence-electron chi connectivity index (χ0n) is 7.77. The Labute approximate surface area is 80.8 Å². The third-order valence-electron chi connectivity index (χ3n) is 2.50. The van der Waals surface area contributed by atoms with E-state index >= 15 is 0 Å². The molecule has 2 N–H and O–H groups in total. The largest absolute Gasteiger partial charge is 0.414 e. The standard InChI is InChI=1S/C9H14F3NO/c1-6(9(10,11)12)8(14)7-3-2-4-13-5-7/h7-8,13-14H,1-5H2. The van der Waals surface area contributed by atoms with Crippen LogP contribution < -0.4 is 5.32 Å². The number of hydrogen-bond donors (Lipinski definition) is 2. The van der Waals surface area contributed by atoms with E-state index in [1.54, 1.807) is 0 Å². The van der Waals surface area contributed by atoms with Crippen LogP contribution in [0.3, 0.4) is 0 Å². The minimum absolute atomic E-state index is 0.363. The Morgan fingerprint density at radius 1 is 1.50 bits per heavy atom. The van der Waals surface area contributed by atoms with Crippen LogP contribution in [0.2, 0.25) is 0 Å². The van der Waals surface area contributed by atoms with Crippen LogP contribution in [-0.4, -0.2) is 30.5 Å². The van der Waals surface area contributed by atoms with E-state index in [2.05, 4.69) is 11.9 Å². The molecule has 0 aromatic carbocycles. The number of rotatable bonds is 2. The predicted molar refractivity (Wildman–Crippen MR) is 46.8 cm³/mol. The molecule has 1 fully saturated rings. The van der Waals surface area contributed by atoms with Gasteiger partial charge in [-0.3, -0.25) is 0 Å². The smallest absolute Gasteiger partial charge is 0.388 e. The van der Waals surface area contributed by atoms with Gasteiger partial charge < -0.3 is 10.4 Å². The Bertz CT molecular complexity index is 209. The molecule has 2 atom stereocenters. The van der Waals surface area contributed by atoms with Gasteiger partial charge in [-0.25, -0.2) is 0 Å². The Morgan fingerprint density at radius 3 is 2.57 bits per heavy atom. The molecule has 5 heteroatoms. The molecule has 1 aliphatic rings. The number of halogens is 3. The van der Waals surface area contributed by atoms with Crippen molar-refractivity contribution in [2.45, 2.75) is 25.1 Å². The van der Waals surface area contributed by atoms with E-state index in [0.29, 0.717) is 13.0 Å². The topological polar surface area (TPSA) is 32.3 Å². The first-order valence-electron chi connectivity index (χ1n) is 4.57. The summed E-state index contributed by atoms with van der Waals surface area (Å²) in [5.41, 5.74) is -1.04. The molecule has 0 spiro atoms. The number of aliphatic hydroxyl groups excluding tert-OH is 1. The van der Waals surface area contributed by atoms with E-state index in [1.165, 1.54) is 0 Å². The summed E-state index contributed by atoms with van der Waals surface area (Å²) in [5, 5.41) is 12.4. The third kappa shape index (κ3) is 2.72. The summed E-state index contributed by atoms with van der Waals surface area (Å²) in [4.78, 5) is 0. The third-order valence-corrected chi connectivity index (χ3v) is 2.50. The van der Waals surface area contributed by atoms with Crippen molar-refractivity contribution in [2.24, 2.45) is 5.92 Å². The van der Waals surface area contributed by atoms with Gasteiger partial charge in [-0.1, -0.05) is 6.58 Å². The van der Waals surface area contributed by atoms with Gasteiger partial charge in [-0.2, -0.15) is 13.2 Å². The number of aliphatic hydroxyl groups is 1. The highest BCUT2D eigenvalue weighted by atomic mass is 19.4. The molecular formula is C9H14F3NO. The van der Waals surface area contributed by atoms with E-state index in [9.17, 15) is 18.3 Å². The van der Waals surface area contributed by atoms with Crippen molar-refractivity contribution in [2.75, 3.05) is 13.1 Å². The first kappa shape index (κ1) is 11.5. The second-order valence-electron chi connectivity index (χ2n) is 3.57. The van der Waals surface area contributed by atoms with Crippen molar-refractivity contribution in [1.29, 1.82) is 0 Å². The minimum atomic E-state index is -4.49. The summed E-state index contributed by atoms with van der Waals surface area (Å²) in [6, 6.07) is 0. The number of piperidine rings is 1. The maximum absolute atomic E-state index is 12.2. The molecule has 1 heterocycles. The first-order chi connectivity index (χ1) is 6.43. The minimum Gasteiger partial charge on any atom is -0.388 e. The zero-order chi connectivity index (χ0) is 10.8. The van der Waals surface area contributed by atoms with Crippen LogP contribution in [0.1, 0.15) is 12.8 Å². The van der Waals surface area contributed by atoms with Crippen molar-refractivity contribution in [3.8, 4) is 0 Å². The van der Waals surface area contributed by atoms with Crippen LogP contribution in [-0.2, 0) is 0 Å². The van der Waals surface area contributed by atoms with Gasteiger partial charge in [0.2, 0.25) is 0 Å². The van der Waals surface area contributed by atoms with Crippen LogP contribution in [0, 0.1) is 5.92 Å². The Hall–Kier alpha value is -0.550. The summed E-state index contributed by atoms with van der Waals surface area (Å²) in [6.45, 7) is 4.13. The lowest BCUT2D eigenvalue weighted by molar-refractivity contribution is -0.109. The van der Waals surface area contributed by atoms with Crippen molar-refractivity contribution in [1.82, 2.24) is 5.32 Å². The number of alkyl halides is 3. The van der Waals surface area contributed by atoms with E-state index in [0.717, 1.165) is 13.0 Å². The Kier molecular flexibility index (Phi) is 3.55. The summed E-state index contributed by atoms with van der Waals surface area (Å²) >= 11 is 0. The lowest BCUT2D eigenvalue weighted by atomic mass is 9.89. The lowest BCUT2D eigenvalue weighted by Crippen LogP contribution is -2.39. The average Bonchev–Trinajstić information content (AvgIpc) is 2.15. The molecule has 0 saturated carbocycles. The highest BCUT2D eigenvalue weighted by Crippen LogP contribution is 2.31. The van der Waals surface area contributed by atoms with Crippen LogP contribution in [0.4, 0.5) is 13.2 Å². The van der Waals surface area contributed by atoms with Crippen LogP contribution in [0.5, 0.6) is 0 Å². The molecule has 0 bridgehead atoms. The highest BCUT2D eigenvalue weighted by molar-refractivity contribution is 5.11. The average molecular weight is 209 g/mol. The molecule has 82 valence electrons. The van der Waals surface area contributed by atoms with Crippen molar-refractivity contribution in [3.05, 3.63) is 12.2 Å². The summed E-state index contributed by atoms with van der Waals surface area (Å²) < 4.78 is 36.5. The predicted octanol–water partition coefficient (Wildman–Crippen LogP) is 1.47. The molecule has 0 aromatic rings. The molecule has 14 heavy (non-hydrogen) atoms. The second-order valence-corrected chi connectivity index (χ2v) is 3.57. The molecule has 0 aliphatic carbocycles. The van der Waals surface area contributed by atoms with Crippen LogP contribution in [0.25, 0.3) is 0 Å². The quantitative estimate of drug-likeness (QED) is 0.675. The zero-order valence-corrected chi connectivity index (χ0v) is 7.77. The Morgan fingerprint density at radius 2 is 2.14 bits per heavy atom. The van der Waals surface area contributed by atoms with Gasteiger partial charge in [0.1, 0.15) is 0 Å².